The van der Waals surface area contributed by atoms with E-state index in [9.17, 15) is 5.26 Å². The van der Waals surface area contributed by atoms with E-state index in [1.54, 1.807) is 6.33 Å². The van der Waals surface area contributed by atoms with Crippen LogP contribution in [0.2, 0.25) is 0 Å². The van der Waals surface area contributed by atoms with Gasteiger partial charge in [-0.3, -0.25) is 0 Å². The number of hydrogen-bond acceptors (Lipinski definition) is 3. The second-order valence-corrected chi connectivity index (χ2v) is 8.40. The van der Waals surface area contributed by atoms with E-state index in [2.05, 4.69) is 58.2 Å². The number of halogens is 2. The Balaban J connectivity index is 0.00000289. The Morgan fingerprint density at radius 1 is 1.06 bits per heavy atom. The van der Waals surface area contributed by atoms with Gasteiger partial charge in [-0.25, -0.2) is 4.98 Å². The Hall–Kier alpha value is -2.91. The van der Waals surface area contributed by atoms with E-state index in [-0.39, 0.29) is 18.5 Å². The molecule has 0 radical (unpaired) electrons. The van der Waals surface area contributed by atoms with Crippen LogP contribution >= 0.6 is 28.3 Å². The van der Waals surface area contributed by atoms with Crippen LogP contribution in [0.3, 0.4) is 0 Å². The summed E-state index contributed by atoms with van der Waals surface area (Å²) < 4.78 is 9.41. The number of aromatic nitrogens is 2. The highest BCUT2D eigenvalue weighted by Gasteiger charge is 2.20. The van der Waals surface area contributed by atoms with E-state index in [1.807, 2.05) is 60.3 Å². The van der Waals surface area contributed by atoms with Crippen LogP contribution < -0.4 is 0 Å². The van der Waals surface area contributed by atoms with Gasteiger partial charge in [0.05, 0.1) is 36.5 Å². The highest BCUT2D eigenvalue weighted by molar-refractivity contribution is 9.10. The monoisotopic (exact) mass is 507 g/mol. The SMILES string of the molecule is Cc1ccccc1-c1cc(C(OCc2cccc(Br)c2)c2cncn2C)ccc1C#N.Cl. The summed E-state index contributed by atoms with van der Waals surface area (Å²) in [5.74, 6) is 0. The number of imidazole rings is 1. The van der Waals surface area contributed by atoms with Crippen molar-refractivity contribution >= 4 is 28.3 Å². The minimum Gasteiger partial charge on any atom is -0.363 e. The van der Waals surface area contributed by atoms with E-state index in [1.165, 1.54) is 0 Å². The third-order valence-electron chi connectivity index (χ3n) is 5.33. The molecule has 1 unspecified atom stereocenters. The number of aryl methyl sites for hydroxylation is 2. The van der Waals surface area contributed by atoms with Crippen molar-refractivity contribution in [2.75, 3.05) is 0 Å². The second-order valence-electron chi connectivity index (χ2n) is 7.48. The van der Waals surface area contributed by atoms with Crippen molar-refractivity contribution in [3.8, 4) is 17.2 Å². The molecule has 0 bridgehead atoms. The maximum Gasteiger partial charge on any atom is 0.124 e. The summed E-state index contributed by atoms with van der Waals surface area (Å²) in [7, 11) is 1.96. The van der Waals surface area contributed by atoms with Crippen LogP contribution in [0.5, 0.6) is 0 Å². The minimum absolute atomic E-state index is 0. The van der Waals surface area contributed by atoms with E-state index in [4.69, 9.17) is 4.74 Å². The summed E-state index contributed by atoms with van der Waals surface area (Å²) in [5, 5.41) is 9.71. The molecule has 0 aliphatic carbocycles. The molecule has 3 aromatic carbocycles. The normalized spacial score (nSPS) is 11.4. The average Bonchev–Trinajstić information content (AvgIpc) is 3.20. The van der Waals surface area contributed by atoms with Gasteiger partial charge in [-0.2, -0.15) is 5.26 Å². The fraction of sp³-hybridized carbons (Fsp3) is 0.154. The Morgan fingerprint density at radius 3 is 2.56 bits per heavy atom. The average molecular weight is 509 g/mol. The maximum atomic E-state index is 9.71. The third-order valence-corrected chi connectivity index (χ3v) is 5.82. The van der Waals surface area contributed by atoms with E-state index in [0.29, 0.717) is 12.2 Å². The van der Waals surface area contributed by atoms with Crippen LogP contribution in [0.25, 0.3) is 11.1 Å². The smallest absolute Gasteiger partial charge is 0.124 e. The zero-order valence-corrected chi connectivity index (χ0v) is 20.2. The first-order chi connectivity index (χ1) is 15.1. The van der Waals surface area contributed by atoms with E-state index in [0.717, 1.165) is 38.0 Å². The summed E-state index contributed by atoms with van der Waals surface area (Å²) in [4.78, 5) is 4.29. The van der Waals surface area contributed by atoms with Gasteiger partial charge in [-0.05, 0) is 53.4 Å². The topological polar surface area (TPSA) is 50.8 Å². The van der Waals surface area contributed by atoms with Crippen LogP contribution in [0.4, 0.5) is 0 Å². The third kappa shape index (κ3) is 5.11. The number of benzene rings is 3. The lowest BCUT2D eigenvalue weighted by molar-refractivity contribution is 0.0622. The van der Waals surface area contributed by atoms with Gasteiger partial charge in [0.1, 0.15) is 6.10 Å². The van der Waals surface area contributed by atoms with Crippen LogP contribution in [0.15, 0.2) is 83.7 Å². The first kappa shape index (κ1) is 23.7. The number of nitrogens with zero attached hydrogens (tertiary/aromatic N) is 3. The van der Waals surface area contributed by atoms with Crippen molar-refractivity contribution in [3.63, 3.8) is 0 Å². The molecule has 6 heteroatoms. The van der Waals surface area contributed by atoms with Crippen LogP contribution in [0, 0.1) is 18.3 Å². The van der Waals surface area contributed by atoms with Crippen LogP contribution in [0.1, 0.15) is 34.1 Å². The molecule has 0 aliphatic rings. The molecule has 1 aromatic heterocycles. The molecule has 0 fully saturated rings. The van der Waals surface area contributed by atoms with Gasteiger partial charge in [0.2, 0.25) is 0 Å². The zero-order chi connectivity index (χ0) is 21.8. The Bertz CT molecular complexity index is 1260. The Kier molecular flexibility index (Phi) is 7.87. The summed E-state index contributed by atoms with van der Waals surface area (Å²) in [6.45, 7) is 2.51. The molecule has 0 N–H and O–H groups in total. The standard InChI is InChI=1S/C26H22BrN3O.ClH/c1-18-6-3-4-9-23(18)24-13-20(10-11-21(24)14-28)26(25-15-29-17-30(25)2)31-16-19-7-5-8-22(27)12-19;/h3-13,15,17,26H,16H2,1-2H3;1H. The molecule has 0 saturated heterocycles. The first-order valence-corrected chi connectivity index (χ1v) is 10.8. The van der Waals surface area contributed by atoms with Crippen molar-refractivity contribution in [2.24, 2.45) is 7.05 Å². The molecule has 0 aliphatic heterocycles. The molecule has 1 atom stereocenters. The van der Waals surface area contributed by atoms with Gasteiger partial charge in [0.15, 0.2) is 0 Å². The molecule has 32 heavy (non-hydrogen) atoms. The van der Waals surface area contributed by atoms with Crippen LogP contribution in [-0.4, -0.2) is 9.55 Å². The zero-order valence-electron chi connectivity index (χ0n) is 17.8. The van der Waals surface area contributed by atoms with Gasteiger partial charge in [0.25, 0.3) is 0 Å². The van der Waals surface area contributed by atoms with Crippen molar-refractivity contribution in [1.29, 1.82) is 5.26 Å². The van der Waals surface area contributed by atoms with E-state index >= 15 is 0 Å². The molecule has 0 spiro atoms. The fourth-order valence-corrected chi connectivity index (χ4v) is 4.15. The minimum atomic E-state index is -0.318. The van der Waals surface area contributed by atoms with Gasteiger partial charge in [-0.15, -0.1) is 12.4 Å². The largest absolute Gasteiger partial charge is 0.363 e. The lowest BCUT2D eigenvalue weighted by atomic mass is 9.93. The molecular formula is C26H23BrClN3O. The first-order valence-electron chi connectivity index (χ1n) is 9.99. The highest BCUT2D eigenvalue weighted by atomic mass is 79.9. The summed E-state index contributed by atoms with van der Waals surface area (Å²) >= 11 is 3.52. The van der Waals surface area contributed by atoms with Crippen molar-refractivity contribution in [1.82, 2.24) is 9.55 Å². The molecule has 4 aromatic rings. The molecule has 0 saturated carbocycles. The number of nitriles is 1. The highest BCUT2D eigenvalue weighted by Crippen LogP contribution is 2.33. The lowest BCUT2D eigenvalue weighted by Gasteiger charge is -2.21. The molecular weight excluding hydrogens is 486 g/mol. The second kappa shape index (κ2) is 10.6. The van der Waals surface area contributed by atoms with Gasteiger partial charge in [-0.1, -0.05) is 58.4 Å². The number of rotatable bonds is 6. The van der Waals surface area contributed by atoms with Gasteiger partial charge in [0, 0.05) is 17.1 Å². The molecule has 4 rings (SSSR count). The summed E-state index contributed by atoms with van der Waals surface area (Å²) in [5.41, 5.74) is 6.76. The molecule has 0 amide bonds. The maximum absolute atomic E-state index is 9.71. The number of ether oxygens (including phenoxy) is 1. The predicted molar refractivity (Wildman–Crippen MR) is 133 cm³/mol. The quantitative estimate of drug-likeness (QED) is 0.289. The predicted octanol–water partition coefficient (Wildman–Crippen LogP) is 6.76. The number of hydrogen-bond donors (Lipinski definition) is 0. The lowest BCUT2D eigenvalue weighted by Crippen LogP contribution is -2.11. The van der Waals surface area contributed by atoms with E-state index < -0.39 is 0 Å². The van der Waals surface area contributed by atoms with Crippen molar-refractivity contribution in [3.05, 3.63) is 112 Å². The van der Waals surface area contributed by atoms with Crippen LogP contribution in [-0.2, 0) is 18.4 Å². The molecule has 1 heterocycles. The van der Waals surface area contributed by atoms with Gasteiger partial charge < -0.3 is 9.30 Å². The fourth-order valence-electron chi connectivity index (χ4n) is 3.70. The van der Waals surface area contributed by atoms with Crippen molar-refractivity contribution < 1.29 is 4.74 Å². The van der Waals surface area contributed by atoms with Crippen molar-refractivity contribution in [2.45, 2.75) is 19.6 Å². The Labute approximate surface area is 203 Å². The summed E-state index contributed by atoms with van der Waals surface area (Å²) in [6.07, 6.45) is 3.29. The molecule has 4 nitrogen and oxygen atoms in total. The van der Waals surface area contributed by atoms with Gasteiger partial charge >= 0.3 is 0 Å². The molecule has 162 valence electrons. The summed E-state index contributed by atoms with van der Waals surface area (Å²) in [6, 6.07) is 24.5. The Morgan fingerprint density at radius 2 is 1.88 bits per heavy atom.